The first-order valence-electron chi connectivity index (χ1n) is 7.36. The third kappa shape index (κ3) is 4.10. The minimum absolute atomic E-state index is 0.0451. The smallest absolute Gasteiger partial charge is 0.349 e. The Hall–Kier alpha value is -2.29. The van der Waals surface area contributed by atoms with Crippen LogP contribution >= 0.6 is 0 Å². The van der Waals surface area contributed by atoms with Crippen LogP contribution in [-0.2, 0) is 10.2 Å². The third-order valence-electron chi connectivity index (χ3n) is 3.36. The maximum Gasteiger partial charge on any atom is 0.349 e. The molecule has 2 aromatic rings. The van der Waals surface area contributed by atoms with Crippen molar-refractivity contribution in [2.24, 2.45) is 0 Å². The summed E-state index contributed by atoms with van der Waals surface area (Å²) in [7, 11) is 0. The van der Waals surface area contributed by atoms with E-state index in [0.29, 0.717) is 5.75 Å². The van der Waals surface area contributed by atoms with Crippen LogP contribution in [0.4, 0.5) is 0 Å². The second-order valence-corrected chi connectivity index (χ2v) is 6.27. The zero-order valence-corrected chi connectivity index (χ0v) is 13.6. The average molecular weight is 298 g/mol. The lowest BCUT2D eigenvalue weighted by atomic mass is 9.86. The van der Waals surface area contributed by atoms with Gasteiger partial charge in [-0.3, -0.25) is 0 Å². The number of esters is 1. The van der Waals surface area contributed by atoms with Crippen molar-refractivity contribution in [3.63, 3.8) is 0 Å². The zero-order chi connectivity index (χ0) is 16.2. The highest BCUT2D eigenvalue weighted by Gasteiger charge is 2.19. The lowest BCUT2D eigenvalue weighted by Crippen LogP contribution is -2.20. The summed E-state index contributed by atoms with van der Waals surface area (Å²) in [6.45, 7) is 8.13. The van der Waals surface area contributed by atoms with E-state index < -0.39 is 5.97 Å². The number of rotatable bonds is 4. The fraction of sp³-hybridized carbons (Fsp3) is 0.316. The summed E-state index contributed by atoms with van der Waals surface area (Å²) >= 11 is 0. The van der Waals surface area contributed by atoms with Crippen molar-refractivity contribution in [3.8, 4) is 11.5 Å². The van der Waals surface area contributed by atoms with Gasteiger partial charge in [0.05, 0.1) is 0 Å². The van der Waals surface area contributed by atoms with Gasteiger partial charge in [-0.1, -0.05) is 57.2 Å². The first-order chi connectivity index (χ1) is 10.4. The van der Waals surface area contributed by atoms with Gasteiger partial charge in [0.2, 0.25) is 0 Å². The number of carbonyl (C=O) groups excluding carboxylic acids is 1. The van der Waals surface area contributed by atoms with Gasteiger partial charge >= 0.3 is 5.97 Å². The van der Waals surface area contributed by atoms with Crippen LogP contribution in [0.2, 0.25) is 0 Å². The fourth-order valence-corrected chi connectivity index (χ4v) is 2.17. The van der Waals surface area contributed by atoms with Crippen LogP contribution in [0.5, 0.6) is 11.5 Å². The first-order valence-corrected chi connectivity index (χ1v) is 7.36. The summed E-state index contributed by atoms with van der Waals surface area (Å²) < 4.78 is 11.0. The number of ether oxygens (including phenoxy) is 2. The van der Waals surface area contributed by atoms with Crippen molar-refractivity contribution < 1.29 is 14.3 Å². The van der Waals surface area contributed by atoms with Crippen LogP contribution in [0.1, 0.15) is 31.9 Å². The quantitative estimate of drug-likeness (QED) is 0.624. The monoisotopic (exact) mass is 298 g/mol. The summed E-state index contributed by atoms with van der Waals surface area (Å²) in [5, 5.41) is 0. The summed E-state index contributed by atoms with van der Waals surface area (Å²) in [6.07, 6.45) is 0. The van der Waals surface area contributed by atoms with Gasteiger partial charge in [-0.15, -0.1) is 0 Å². The second-order valence-electron chi connectivity index (χ2n) is 6.27. The number of benzene rings is 2. The van der Waals surface area contributed by atoms with E-state index in [4.69, 9.17) is 9.47 Å². The molecule has 2 aromatic carbocycles. The molecule has 0 aliphatic rings. The molecule has 22 heavy (non-hydrogen) atoms. The van der Waals surface area contributed by atoms with Crippen LogP contribution in [0, 0.1) is 6.92 Å². The summed E-state index contributed by atoms with van der Waals surface area (Å²) in [5.41, 5.74) is 1.95. The van der Waals surface area contributed by atoms with Gasteiger partial charge in [0, 0.05) is 0 Å². The Balaban J connectivity index is 2.02. The van der Waals surface area contributed by atoms with Gasteiger partial charge < -0.3 is 9.47 Å². The molecule has 0 atom stereocenters. The van der Waals surface area contributed by atoms with E-state index in [-0.39, 0.29) is 12.0 Å². The molecule has 3 heteroatoms. The molecule has 0 unspecified atom stereocenters. The summed E-state index contributed by atoms with van der Waals surface area (Å²) in [6, 6.07) is 15.2. The predicted octanol–water partition coefficient (Wildman–Crippen LogP) is 4.28. The maximum atomic E-state index is 12.0. The van der Waals surface area contributed by atoms with Crippen LogP contribution in [0.25, 0.3) is 0 Å². The lowest BCUT2D eigenvalue weighted by Gasteiger charge is -2.22. The van der Waals surface area contributed by atoms with E-state index in [2.05, 4.69) is 20.8 Å². The number of hydrogen-bond donors (Lipinski definition) is 0. The first kappa shape index (κ1) is 16.1. The minimum atomic E-state index is -0.405. The van der Waals surface area contributed by atoms with E-state index in [1.165, 1.54) is 0 Å². The minimum Gasteiger partial charge on any atom is -0.482 e. The van der Waals surface area contributed by atoms with Crippen LogP contribution < -0.4 is 9.47 Å². The SMILES string of the molecule is Cc1ccccc1OC(=O)COc1ccccc1C(C)(C)C. The molecule has 0 saturated carbocycles. The van der Waals surface area contributed by atoms with E-state index in [0.717, 1.165) is 16.9 Å². The van der Waals surface area contributed by atoms with Gasteiger partial charge in [0.25, 0.3) is 0 Å². The van der Waals surface area contributed by atoms with Crippen molar-refractivity contribution in [3.05, 3.63) is 59.7 Å². The fourth-order valence-electron chi connectivity index (χ4n) is 2.17. The van der Waals surface area contributed by atoms with Gasteiger partial charge in [-0.2, -0.15) is 0 Å². The predicted molar refractivity (Wildman–Crippen MR) is 87.5 cm³/mol. The molecule has 0 spiro atoms. The maximum absolute atomic E-state index is 12.0. The van der Waals surface area contributed by atoms with Crippen molar-refractivity contribution in [2.75, 3.05) is 6.61 Å². The zero-order valence-electron chi connectivity index (χ0n) is 13.6. The molecule has 0 N–H and O–H groups in total. The highest BCUT2D eigenvalue weighted by Crippen LogP contribution is 2.30. The molecule has 0 radical (unpaired) electrons. The van der Waals surface area contributed by atoms with Crippen molar-refractivity contribution >= 4 is 5.97 Å². The molecule has 0 amide bonds. The largest absolute Gasteiger partial charge is 0.482 e. The number of carbonyl (C=O) groups is 1. The van der Waals surface area contributed by atoms with Crippen molar-refractivity contribution in [1.29, 1.82) is 0 Å². The normalized spacial score (nSPS) is 11.1. The molecule has 0 aliphatic carbocycles. The highest BCUT2D eigenvalue weighted by molar-refractivity contribution is 5.74. The molecule has 0 aromatic heterocycles. The van der Waals surface area contributed by atoms with Crippen molar-refractivity contribution in [1.82, 2.24) is 0 Å². The Kier molecular flexibility index (Phi) is 4.86. The molecular formula is C19H22O3. The molecular weight excluding hydrogens is 276 g/mol. The molecule has 116 valence electrons. The van der Waals surface area contributed by atoms with Gasteiger partial charge in [0.15, 0.2) is 6.61 Å². The van der Waals surface area contributed by atoms with E-state index in [1.54, 1.807) is 6.07 Å². The van der Waals surface area contributed by atoms with E-state index in [1.807, 2.05) is 49.4 Å². The molecule has 0 fully saturated rings. The van der Waals surface area contributed by atoms with Gasteiger partial charge in [0.1, 0.15) is 11.5 Å². The Bertz CT molecular complexity index is 654. The molecule has 3 nitrogen and oxygen atoms in total. The molecule has 0 heterocycles. The van der Waals surface area contributed by atoms with Crippen LogP contribution in [0.15, 0.2) is 48.5 Å². The Morgan fingerprint density at radius 3 is 2.18 bits per heavy atom. The standard InChI is InChI=1S/C19H22O3/c1-14-9-5-7-11-16(14)22-18(20)13-21-17-12-8-6-10-15(17)19(2,3)4/h5-12H,13H2,1-4H3. The highest BCUT2D eigenvalue weighted by atomic mass is 16.6. The van der Waals surface area contributed by atoms with E-state index >= 15 is 0 Å². The number of aryl methyl sites for hydroxylation is 1. The molecule has 0 saturated heterocycles. The lowest BCUT2D eigenvalue weighted by molar-refractivity contribution is -0.136. The van der Waals surface area contributed by atoms with Gasteiger partial charge in [-0.25, -0.2) is 4.79 Å². The second kappa shape index (κ2) is 6.65. The Labute approximate surface area is 131 Å². The topological polar surface area (TPSA) is 35.5 Å². The van der Waals surface area contributed by atoms with Gasteiger partial charge in [-0.05, 0) is 35.6 Å². The summed E-state index contributed by atoms with van der Waals surface area (Å²) in [4.78, 5) is 12.0. The van der Waals surface area contributed by atoms with Crippen LogP contribution in [-0.4, -0.2) is 12.6 Å². The molecule has 2 rings (SSSR count). The van der Waals surface area contributed by atoms with Crippen molar-refractivity contribution in [2.45, 2.75) is 33.1 Å². The van der Waals surface area contributed by atoms with E-state index in [9.17, 15) is 4.79 Å². The van der Waals surface area contributed by atoms with Crippen LogP contribution in [0.3, 0.4) is 0 Å². The average Bonchev–Trinajstić information content (AvgIpc) is 2.47. The number of para-hydroxylation sites is 2. The molecule has 0 bridgehead atoms. The number of hydrogen-bond acceptors (Lipinski definition) is 3. The third-order valence-corrected chi connectivity index (χ3v) is 3.36. The molecule has 0 aliphatic heterocycles. The Morgan fingerprint density at radius 2 is 1.55 bits per heavy atom. The summed E-state index contributed by atoms with van der Waals surface area (Å²) in [5.74, 6) is 0.884. The Morgan fingerprint density at radius 1 is 0.955 bits per heavy atom.